The Labute approximate surface area is 109 Å². The molecule has 0 radical (unpaired) electrons. The molecule has 128 valence electrons. The molecule has 13 heteroatoms. The van der Waals surface area contributed by atoms with Crippen molar-refractivity contribution >= 4 is 0 Å². The lowest BCUT2D eigenvalue weighted by Crippen LogP contribution is -2.68. The SMILES string of the molecule is NCCC(F)(F)C(F)(F)C(F)(F)C(F)(F)C(F)(F)C(F)F. The Hall–Kier alpha value is -0.880. The third-order valence-corrected chi connectivity index (χ3v) is 2.40. The first-order chi connectivity index (χ1) is 9.00. The second kappa shape index (κ2) is 5.39. The van der Waals surface area contributed by atoms with Gasteiger partial charge >= 0.3 is 36.0 Å². The molecule has 0 amide bonds. The standard InChI is InChI=1S/C8H7F12N/c9-3(10)5(13,14)7(17,18)8(19,20)6(15,16)4(11,12)1-2-21/h3H,1-2,21H2. The Balaban J connectivity index is 5.96. The van der Waals surface area contributed by atoms with E-state index in [0.717, 1.165) is 0 Å². The van der Waals surface area contributed by atoms with Crippen molar-refractivity contribution in [2.45, 2.75) is 42.5 Å². The Morgan fingerprint density at radius 1 is 0.667 bits per heavy atom. The molecule has 0 rings (SSSR count). The van der Waals surface area contributed by atoms with Gasteiger partial charge in [0.1, 0.15) is 0 Å². The molecule has 0 unspecified atom stereocenters. The summed E-state index contributed by atoms with van der Waals surface area (Å²) < 4.78 is 150. The first-order valence-corrected chi connectivity index (χ1v) is 4.88. The molecule has 0 atom stereocenters. The third kappa shape index (κ3) is 2.75. The fraction of sp³-hybridized carbons (Fsp3) is 1.00. The molecule has 2 N–H and O–H groups in total. The predicted molar refractivity (Wildman–Crippen MR) is 44.4 cm³/mol. The summed E-state index contributed by atoms with van der Waals surface area (Å²) in [5.41, 5.74) is 4.38. The summed E-state index contributed by atoms with van der Waals surface area (Å²) in [6, 6.07) is 0. The minimum atomic E-state index is -7.46. The zero-order valence-corrected chi connectivity index (χ0v) is 9.60. The van der Waals surface area contributed by atoms with Gasteiger partial charge in [0.15, 0.2) is 0 Å². The van der Waals surface area contributed by atoms with Crippen molar-refractivity contribution in [1.29, 1.82) is 0 Å². The normalized spacial score (nSPS) is 15.7. The lowest BCUT2D eigenvalue weighted by molar-refractivity contribution is -0.412. The van der Waals surface area contributed by atoms with Crippen LogP contribution in [-0.4, -0.2) is 42.6 Å². The lowest BCUT2D eigenvalue weighted by atomic mass is 9.93. The van der Waals surface area contributed by atoms with Crippen LogP contribution >= 0.6 is 0 Å². The minimum absolute atomic E-state index is 1.38. The molecule has 0 fully saturated rings. The molecule has 0 aromatic rings. The smallest absolute Gasteiger partial charge is 0.330 e. The van der Waals surface area contributed by atoms with Gasteiger partial charge in [-0.3, -0.25) is 0 Å². The number of hydrogen-bond acceptors (Lipinski definition) is 1. The van der Waals surface area contributed by atoms with Crippen LogP contribution in [0.1, 0.15) is 6.42 Å². The van der Waals surface area contributed by atoms with Gasteiger partial charge in [-0.2, -0.15) is 43.9 Å². The van der Waals surface area contributed by atoms with Gasteiger partial charge in [-0.05, 0) is 6.54 Å². The average molecular weight is 345 g/mol. The number of alkyl halides is 12. The van der Waals surface area contributed by atoms with E-state index >= 15 is 0 Å². The van der Waals surface area contributed by atoms with Crippen LogP contribution in [0.3, 0.4) is 0 Å². The summed E-state index contributed by atoms with van der Waals surface area (Å²) >= 11 is 0. The highest BCUT2D eigenvalue weighted by atomic mass is 19.4. The van der Waals surface area contributed by atoms with E-state index in [0.29, 0.717) is 0 Å². The van der Waals surface area contributed by atoms with Gasteiger partial charge in [-0.25, -0.2) is 8.78 Å². The summed E-state index contributed by atoms with van der Waals surface area (Å²) in [5.74, 6) is -34.8. The summed E-state index contributed by atoms with van der Waals surface area (Å²) in [5, 5.41) is 0. The minimum Gasteiger partial charge on any atom is -0.330 e. The van der Waals surface area contributed by atoms with Crippen LogP contribution in [0.25, 0.3) is 0 Å². The molecule has 0 aliphatic rings. The van der Waals surface area contributed by atoms with Gasteiger partial charge in [0.05, 0.1) is 0 Å². The van der Waals surface area contributed by atoms with Crippen molar-refractivity contribution in [3.8, 4) is 0 Å². The van der Waals surface area contributed by atoms with E-state index < -0.39 is 49.0 Å². The Kier molecular flexibility index (Phi) is 5.17. The van der Waals surface area contributed by atoms with Crippen molar-refractivity contribution in [2.75, 3.05) is 6.54 Å². The molecule has 0 aliphatic carbocycles. The fourth-order valence-corrected chi connectivity index (χ4v) is 1.11. The van der Waals surface area contributed by atoms with Crippen LogP contribution in [0.2, 0.25) is 0 Å². The van der Waals surface area contributed by atoms with E-state index in [9.17, 15) is 52.7 Å². The molecule has 0 saturated heterocycles. The Bertz CT molecular complexity index is 362. The summed E-state index contributed by atoms with van der Waals surface area (Å²) in [6.07, 6.45) is -7.75. The molecular formula is C8H7F12N. The van der Waals surface area contributed by atoms with Crippen LogP contribution in [0, 0.1) is 0 Å². The van der Waals surface area contributed by atoms with Crippen LogP contribution in [0.4, 0.5) is 52.7 Å². The van der Waals surface area contributed by atoms with Crippen molar-refractivity contribution in [3.05, 3.63) is 0 Å². The first-order valence-electron chi connectivity index (χ1n) is 4.88. The van der Waals surface area contributed by atoms with E-state index in [1.165, 1.54) is 0 Å². The highest BCUT2D eigenvalue weighted by molar-refractivity contribution is 5.09. The number of nitrogens with two attached hydrogens (primary N) is 1. The largest absolute Gasteiger partial charge is 0.384 e. The Morgan fingerprint density at radius 3 is 1.33 bits per heavy atom. The van der Waals surface area contributed by atoms with Gasteiger partial charge in [0.2, 0.25) is 0 Å². The Morgan fingerprint density at radius 2 is 1.05 bits per heavy atom. The number of halogens is 12. The quantitative estimate of drug-likeness (QED) is 0.699. The van der Waals surface area contributed by atoms with Crippen LogP contribution < -0.4 is 5.73 Å². The predicted octanol–water partition coefficient (Wildman–Crippen LogP) is 3.78. The average Bonchev–Trinajstić information content (AvgIpc) is 2.27. The highest BCUT2D eigenvalue weighted by Crippen LogP contribution is 2.58. The van der Waals surface area contributed by atoms with E-state index in [4.69, 9.17) is 0 Å². The summed E-state index contributed by atoms with van der Waals surface area (Å²) in [7, 11) is 0. The molecule has 0 spiro atoms. The zero-order valence-electron chi connectivity index (χ0n) is 9.60. The molecular weight excluding hydrogens is 338 g/mol. The third-order valence-electron chi connectivity index (χ3n) is 2.40. The maximum atomic E-state index is 12.8. The van der Waals surface area contributed by atoms with E-state index in [1.807, 2.05) is 0 Å². The highest BCUT2D eigenvalue weighted by Gasteiger charge is 2.87. The first kappa shape index (κ1) is 20.1. The van der Waals surface area contributed by atoms with Gasteiger partial charge in [-0.15, -0.1) is 0 Å². The van der Waals surface area contributed by atoms with Gasteiger partial charge < -0.3 is 5.73 Å². The molecule has 0 aromatic carbocycles. The summed E-state index contributed by atoms with van der Waals surface area (Å²) in [4.78, 5) is 0. The zero-order chi connectivity index (χ0) is 17.5. The van der Waals surface area contributed by atoms with Crippen molar-refractivity contribution in [1.82, 2.24) is 0 Å². The molecule has 0 heterocycles. The van der Waals surface area contributed by atoms with Crippen molar-refractivity contribution in [3.63, 3.8) is 0 Å². The molecule has 0 aromatic heterocycles. The molecule has 0 saturated carbocycles. The van der Waals surface area contributed by atoms with Crippen molar-refractivity contribution in [2.24, 2.45) is 5.73 Å². The summed E-state index contributed by atoms with van der Waals surface area (Å²) in [6.45, 7) is -1.38. The lowest BCUT2D eigenvalue weighted by Gasteiger charge is -2.39. The monoisotopic (exact) mass is 345 g/mol. The van der Waals surface area contributed by atoms with E-state index in [1.54, 1.807) is 0 Å². The second-order valence-corrected chi connectivity index (χ2v) is 3.89. The van der Waals surface area contributed by atoms with Crippen LogP contribution in [-0.2, 0) is 0 Å². The fourth-order valence-electron chi connectivity index (χ4n) is 1.11. The van der Waals surface area contributed by atoms with Crippen LogP contribution in [0.5, 0.6) is 0 Å². The van der Waals surface area contributed by atoms with Gasteiger partial charge in [0.25, 0.3) is 0 Å². The van der Waals surface area contributed by atoms with Gasteiger partial charge in [0, 0.05) is 6.42 Å². The number of rotatable bonds is 7. The van der Waals surface area contributed by atoms with E-state index in [2.05, 4.69) is 5.73 Å². The maximum Gasteiger partial charge on any atom is 0.384 e. The van der Waals surface area contributed by atoms with E-state index in [-0.39, 0.29) is 0 Å². The second-order valence-electron chi connectivity index (χ2n) is 3.89. The topological polar surface area (TPSA) is 26.0 Å². The maximum absolute atomic E-state index is 12.8. The van der Waals surface area contributed by atoms with Crippen molar-refractivity contribution < 1.29 is 52.7 Å². The van der Waals surface area contributed by atoms with Crippen LogP contribution in [0.15, 0.2) is 0 Å². The molecule has 0 aliphatic heterocycles. The van der Waals surface area contributed by atoms with Gasteiger partial charge in [-0.1, -0.05) is 0 Å². The molecule has 0 bridgehead atoms. The number of hydrogen-bond donors (Lipinski definition) is 1. The molecule has 21 heavy (non-hydrogen) atoms. The molecule has 1 nitrogen and oxygen atoms in total.